The maximum absolute atomic E-state index is 12.3. The summed E-state index contributed by atoms with van der Waals surface area (Å²) in [5, 5.41) is 3.75. The van der Waals surface area contributed by atoms with E-state index < -0.39 is 0 Å². The highest BCUT2D eigenvalue weighted by molar-refractivity contribution is 9.10. The van der Waals surface area contributed by atoms with E-state index in [0.29, 0.717) is 17.3 Å². The first-order valence-corrected chi connectivity index (χ1v) is 7.92. The van der Waals surface area contributed by atoms with Gasteiger partial charge in [-0.1, -0.05) is 41.9 Å². The molecule has 2 aromatic carbocycles. The zero-order valence-electron chi connectivity index (χ0n) is 12.4. The molecule has 0 bridgehead atoms. The van der Waals surface area contributed by atoms with E-state index in [9.17, 15) is 4.79 Å². The molecule has 0 unspecified atom stereocenters. The molecule has 112 valence electrons. The number of amides is 1. The van der Waals surface area contributed by atoms with Crippen LogP contribution in [0, 0.1) is 0 Å². The summed E-state index contributed by atoms with van der Waals surface area (Å²) in [7, 11) is 0. The molecule has 0 atom stereocenters. The number of rotatable bonds is 3. The minimum atomic E-state index is -0.246. The number of fused-ring (bicyclic) bond motifs is 1. The SMILES string of the molecule is CC(C)c1ccc(NC(=O)c2cc3cc(Br)ccc3o2)cc1. The molecule has 1 N–H and O–H groups in total. The lowest BCUT2D eigenvalue weighted by Gasteiger charge is -2.07. The van der Waals surface area contributed by atoms with Gasteiger partial charge in [0.1, 0.15) is 5.58 Å². The number of furan rings is 1. The van der Waals surface area contributed by atoms with Gasteiger partial charge in [-0.15, -0.1) is 0 Å². The van der Waals surface area contributed by atoms with Crippen LogP contribution in [0.5, 0.6) is 0 Å². The normalized spacial score (nSPS) is 11.1. The van der Waals surface area contributed by atoms with Crippen LogP contribution in [0.2, 0.25) is 0 Å². The van der Waals surface area contributed by atoms with E-state index in [-0.39, 0.29) is 5.91 Å². The Balaban J connectivity index is 1.80. The van der Waals surface area contributed by atoms with E-state index in [1.165, 1.54) is 5.56 Å². The van der Waals surface area contributed by atoms with Crippen molar-refractivity contribution in [2.24, 2.45) is 0 Å². The highest BCUT2D eigenvalue weighted by atomic mass is 79.9. The van der Waals surface area contributed by atoms with E-state index in [2.05, 4.69) is 35.1 Å². The molecule has 3 aromatic rings. The molecule has 1 aromatic heterocycles. The molecule has 0 aliphatic heterocycles. The third-order valence-corrected chi connectivity index (χ3v) is 4.03. The van der Waals surface area contributed by atoms with Crippen LogP contribution in [-0.4, -0.2) is 5.91 Å². The van der Waals surface area contributed by atoms with Crippen LogP contribution in [0.4, 0.5) is 5.69 Å². The van der Waals surface area contributed by atoms with Crippen molar-refractivity contribution < 1.29 is 9.21 Å². The molecule has 3 rings (SSSR count). The average molecular weight is 358 g/mol. The predicted molar refractivity (Wildman–Crippen MR) is 92.4 cm³/mol. The van der Waals surface area contributed by atoms with Gasteiger partial charge in [-0.2, -0.15) is 0 Å². The second-order valence-electron chi connectivity index (χ2n) is 5.52. The van der Waals surface area contributed by atoms with Gasteiger partial charge in [-0.3, -0.25) is 4.79 Å². The fraction of sp³-hybridized carbons (Fsp3) is 0.167. The highest BCUT2D eigenvalue weighted by Crippen LogP contribution is 2.24. The lowest BCUT2D eigenvalue weighted by molar-refractivity contribution is 0.0998. The average Bonchev–Trinajstić information content (AvgIpc) is 2.91. The Kier molecular flexibility index (Phi) is 4.03. The van der Waals surface area contributed by atoms with Crippen molar-refractivity contribution in [3.8, 4) is 0 Å². The molecule has 0 radical (unpaired) electrons. The first kappa shape index (κ1) is 14.9. The Morgan fingerprint density at radius 3 is 2.50 bits per heavy atom. The minimum absolute atomic E-state index is 0.246. The minimum Gasteiger partial charge on any atom is -0.451 e. The van der Waals surface area contributed by atoms with Gasteiger partial charge < -0.3 is 9.73 Å². The van der Waals surface area contributed by atoms with E-state index in [1.54, 1.807) is 6.07 Å². The largest absolute Gasteiger partial charge is 0.451 e. The Morgan fingerprint density at radius 2 is 1.82 bits per heavy atom. The van der Waals surface area contributed by atoms with Gasteiger partial charge in [0.2, 0.25) is 0 Å². The van der Waals surface area contributed by atoms with E-state index >= 15 is 0 Å². The fourth-order valence-electron chi connectivity index (χ4n) is 2.27. The summed E-state index contributed by atoms with van der Waals surface area (Å²) >= 11 is 3.41. The monoisotopic (exact) mass is 357 g/mol. The van der Waals surface area contributed by atoms with Crippen molar-refractivity contribution in [1.82, 2.24) is 0 Å². The van der Waals surface area contributed by atoms with E-state index in [0.717, 1.165) is 15.5 Å². The first-order chi connectivity index (χ1) is 10.5. The van der Waals surface area contributed by atoms with Crippen molar-refractivity contribution in [2.75, 3.05) is 5.32 Å². The van der Waals surface area contributed by atoms with Gasteiger partial charge in [0, 0.05) is 15.5 Å². The number of nitrogens with one attached hydrogen (secondary N) is 1. The molecule has 1 heterocycles. The summed E-state index contributed by atoms with van der Waals surface area (Å²) < 4.78 is 6.54. The smallest absolute Gasteiger partial charge is 0.291 e. The van der Waals surface area contributed by atoms with Gasteiger partial charge >= 0.3 is 0 Å². The molecular formula is C18H16BrNO2. The topological polar surface area (TPSA) is 42.2 Å². The number of hydrogen-bond acceptors (Lipinski definition) is 2. The third kappa shape index (κ3) is 3.07. The first-order valence-electron chi connectivity index (χ1n) is 7.13. The number of benzene rings is 2. The second-order valence-corrected chi connectivity index (χ2v) is 6.44. The van der Waals surface area contributed by atoms with Crippen LogP contribution >= 0.6 is 15.9 Å². The molecule has 0 aliphatic rings. The van der Waals surface area contributed by atoms with Crippen LogP contribution in [0.25, 0.3) is 11.0 Å². The van der Waals surface area contributed by atoms with Crippen molar-refractivity contribution in [3.05, 3.63) is 64.3 Å². The Hall–Kier alpha value is -2.07. The van der Waals surface area contributed by atoms with Gasteiger partial charge in [0.15, 0.2) is 5.76 Å². The molecule has 22 heavy (non-hydrogen) atoms. The highest BCUT2D eigenvalue weighted by Gasteiger charge is 2.13. The molecule has 0 saturated heterocycles. The van der Waals surface area contributed by atoms with Crippen LogP contribution in [0.3, 0.4) is 0 Å². The summed E-state index contributed by atoms with van der Waals surface area (Å²) in [6.07, 6.45) is 0. The number of carbonyl (C=O) groups excluding carboxylic acids is 1. The number of anilines is 1. The van der Waals surface area contributed by atoms with Gasteiger partial charge in [0.25, 0.3) is 5.91 Å². The van der Waals surface area contributed by atoms with Crippen molar-refractivity contribution >= 4 is 38.5 Å². The summed E-state index contributed by atoms with van der Waals surface area (Å²) in [4.78, 5) is 12.3. The summed E-state index contributed by atoms with van der Waals surface area (Å²) in [6.45, 7) is 4.28. The molecule has 0 spiro atoms. The van der Waals surface area contributed by atoms with Crippen molar-refractivity contribution in [1.29, 1.82) is 0 Å². The third-order valence-electron chi connectivity index (χ3n) is 3.54. The van der Waals surface area contributed by atoms with Crippen LogP contribution in [-0.2, 0) is 0 Å². The zero-order valence-corrected chi connectivity index (χ0v) is 14.0. The summed E-state index contributed by atoms with van der Waals surface area (Å²) in [5.74, 6) is 0.532. The quantitative estimate of drug-likeness (QED) is 0.665. The Bertz CT molecular complexity index is 819. The van der Waals surface area contributed by atoms with Crippen LogP contribution < -0.4 is 5.32 Å². The summed E-state index contributed by atoms with van der Waals surface area (Å²) in [5.41, 5.74) is 2.70. The summed E-state index contributed by atoms with van der Waals surface area (Å²) in [6, 6.07) is 15.3. The maximum atomic E-state index is 12.3. The maximum Gasteiger partial charge on any atom is 0.291 e. The number of hydrogen-bond donors (Lipinski definition) is 1. The fourth-order valence-corrected chi connectivity index (χ4v) is 2.65. The van der Waals surface area contributed by atoms with Crippen molar-refractivity contribution in [2.45, 2.75) is 19.8 Å². The van der Waals surface area contributed by atoms with Gasteiger partial charge in [-0.05, 0) is 47.9 Å². The zero-order chi connectivity index (χ0) is 15.7. The molecule has 1 amide bonds. The Morgan fingerprint density at radius 1 is 1.09 bits per heavy atom. The predicted octanol–water partition coefficient (Wildman–Crippen LogP) is 5.57. The Labute approximate surface area is 137 Å². The van der Waals surface area contributed by atoms with E-state index in [1.807, 2.05) is 42.5 Å². The molecule has 4 heteroatoms. The molecular weight excluding hydrogens is 342 g/mol. The van der Waals surface area contributed by atoms with Crippen LogP contribution in [0.1, 0.15) is 35.9 Å². The van der Waals surface area contributed by atoms with E-state index in [4.69, 9.17) is 4.42 Å². The van der Waals surface area contributed by atoms with Gasteiger partial charge in [0.05, 0.1) is 0 Å². The molecule has 0 saturated carbocycles. The molecule has 3 nitrogen and oxygen atoms in total. The number of halogens is 1. The number of carbonyl (C=O) groups is 1. The standard InChI is InChI=1S/C18H16BrNO2/c1-11(2)12-3-6-15(7-4-12)20-18(21)17-10-13-9-14(19)5-8-16(13)22-17/h3-11H,1-2H3,(H,20,21). The van der Waals surface area contributed by atoms with Crippen LogP contribution in [0.15, 0.2) is 57.4 Å². The lowest BCUT2D eigenvalue weighted by atomic mass is 10.0. The van der Waals surface area contributed by atoms with Gasteiger partial charge in [-0.25, -0.2) is 0 Å². The molecule has 0 fully saturated rings. The lowest BCUT2D eigenvalue weighted by Crippen LogP contribution is -2.10. The van der Waals surface area contributed by atoms with Crippen molar-refractivity contribution in [3.63, 3.8) is 0 Å². The second kappa shape index (κ2) is 5.97. The molecule has 0 aliphatic carbocycles.